The fourth-order valence-electron chi connectivity index (χ4n) is 1.93. The van der Waals surface area contributed by atoms with Crippen LogP contribution in [0.15, 0.2) is 47.4 Å². The van der Waals surface area contributed by atoms with Crippen LogP contribution in [0.25, 0.3) is 0 Å². The van der Waals surface area contributed by atoms with Gasteiger partial charge in [0.2, 0.25) is 10.0 Å². The Bertz CT molecular complexity index is 760. The van der Waals surface area contributed by atoms with Gasteiger partial charge < -0.3 is 9.47 Å². The van der Waals surface area contributed by atoms with Gasteiger partial charge in [0.05, 0.1) is 12.0 Å². The Morgan fingerprint density at radius 3 is 2.43 bits per heavy atom. The maximum Gasteiger partial charge on any atom is 0.240 e. The van der Waals surface area contributed by atoms with E-state index in [-0.39, 0.29) is 18.0 Å². The van der Waals surface area contributed by atoms with Crippen molar-refractivity contribution in [3.63, 3.8) is 0 Å². The summed E-state index contributed by atoms with van der Waals surface area (Å²) in [6.45, 7) is 2.15. The summed E-state index contributed by atoms with van der Waals surface area (Å²) >= 11 is 0. The van der Waals surface area contributed by atoms with Gasteiger partial charge in [-0.15, -0.1) is 0 Å². The number of rotatable bonds is 7. The van der Waals surface area contributed by atoms with Crippen LogP contribution in [-0.4, -0.2) is 28.7 Å². The molecule has 0 bridgehead atoms. The first-order chi connectivity index (χ1) is 10.9. The van der Waals surface area contributed by atoms with Crippen LogP contribution in [0.3, 0.4) is 0 Å². The fraction of sp³-hybridized carbons (Fsp3) is 0.250. The first-order valence-electron chi connectivity index (χ1n) is 6.95. The highest BCUT2D eigenvalue weighted by molar-refractivity contribution is 7.89. The number of hydrogen-bond donors (Lipinski definition) is 1. The molecule has 0 aliphatic rings. The average molecular weight is 339 g/mol. The second-order valence-electron chi connectivity index (χ2n) is 4.85. The van der Waals surface area contributed by atoms with Gasteiger partial charge in [0, 0.05) is 6.54 Å². The smallest absolute Gasteiger partial charge is 0.240 e. The lowest BCUT2D eigenvalue weighted by atomic mass is 10.2. The van der Waals surface area contributed by atoms with Crippen molar-refractivity contribution in [2.45, 2.75) is 11.8 Å². The van der Waals surface area contributed by atoms with Gasteiger partial charge in [0.1, 0.15) is 12.4 Å². The summed E-state index contributed by atoms with van der Waals surface area (Å²) < 4.78 is 50.0. The minimum Gasteiger partial charge on any atom is -0.493 e. The Labute approximate surface area is 135 Å². The molecule has 0 atom stereocenters. The largest absolute Gasteiger partial charge is 0.493 e. The number of ether oxygens (including phenoxy) is 2. The van der Waals surface area contributed by atoms with Crippen molar-refractivity contribution in [3.05, 3.63) is 53.8 Å². The molecule has 0 spiro atoms. The SMILES string of the molecule is COc1cc(C)ccc1OCCNS(=O)(=O)c1ccc(F)cc1. The van der Waals surface area contributed by atoms with Crippen molar-refractivity contribution in [3.8, 4) is 11.5 Å². The maximum absolute atomic E-state index is 12.8. The monoisotopic (exact) mass is 339 g/mol. The molecule has 0 heterocycles. The molecule has 0 saturated heterocycles. The summed E-state index contributed by atoms with van der Waals surface area (Å²) in [7, 11) is -2.14. The average Bonchev–Trinajstić information content (AvgIpc) is 2.53. The molecule has 0 unspecified atom stereocenters. The predicted molar refractivity (Wildman–Crippen MR) is 84.8 cm³/mol. The van der Waals surface area contributed by atoms with Crippen LogP contribution in [0.4, 0.5) is 4.39 Å². The normalized spacial score (nSPS) is 11.3. The summed E-state index contributed by atoms with van der Waals surface area (Å²) in [4.78, 5) is 0.00631. The molecular weight excluding hydrogens is 321 g/mol. The van der Waals surface area contributed by atoms with E-state index < -0.39 is 15.8 Å². The second kappa shape index (κ2) is 7.43. The number of methoxy groups -OCH3 is 1. The molecule has 0 saturated carbocycles. The van der Waals surface area contributed by atoms with Crippen LogP contribution < -0.4 is 14.2 Å². The summed E-state index contributed by atoms with van der Waals surface area (Å²) in [5.74, 6) is 0.643. The predicted octanol–water partition coefficient (Wildman–Crippen LogP) is 2.50. The van der Waals surface area contributed by atoms with Crippen LogP contribution in [-0.2, 0) is 10.0 Å². The molecule has 2 rings (SSSR count). The first kappa shape index (κ1) is 17.2. The van der Waals surface area contributed by atoms with E-state index in [0.717, 1.165) is 17.7 Å². The van der Waals surface area contributed by atoms with Crippen molar-refractivity contribution >= 4 is 10.0 Å². The van der Waals surface area contributed by atoms with E-state index in [1.165, 1.54) is 12.1 Å². The molecule has 1 N–H and O–H groups in total. The van der Waals surface area contributed by atoms with Gasteiger partial charge in [-0.3, -0.25) is 0 Å². The lowest BCUT2D eigenvalue weighted by Gasteiger charge is -2.12. The topological polar surface area (TPSA) is 64.6 Å². The van der Waals surface area contributed by atoms with Crippen molar-refractivity contribution in [1.29, 1.82) is 0 Å². The van der Waals surface area contributed by atoms with E-state index in [4.69, 9.17) is 9.47 Å². The van der Waals surface area contributed by atoms with Gasteiger partial charge in [0.15, 0.2) is 11.5 Å². The molecule has 23 heavy (non-hydrogen) atoms. The Morgan fingerprint density at radius 1 is 1.09 bits per heavy atom. The molecule has 0 fully saturated rings. The van der Waals surface area contributed by atoms with Gasteiger partial charge in [-0.2, -0.15) is 0 Å². The summed E-state index contributed by atoms with van der Waals surface area (Å²) in [6.07, 6.45) is 0. The van der Waals surface area contributed by atoms with E-state index in [2.05, 4.69) is 4.72 Å². The lowest BCUT2D eigenvalue weighted by molar-refractivity contribution is 0.298. The summed E-state index contributed by atoms with van der Waals surface area (Å²) in [5.41, 5.74) is 1.03. The highest BCUT2D eigenvalue weighted by Crippen LogP contribution is 2.27. The van der Waals surface area contributed by atoms with E-state index in [1.54, 1.807) is 13.2 Å². The third-order valence-electron chi connectivity index (χ3n) is 3.09. The number of aryl methyl sites for hydroxylation is 1. The standard InChI is InChI=1S/C16H18FNO4S/c1-12-3-8-15(16(11-12)21-2)22-10-9-18-23(19,20)14-6-4-13(17)5-7-14/h3-8,11,18H,9-10H2,1-2H3. The van der Waals surface area contributed by atoms with Gasteiger partial charge in [0.25, 0.3) is 0 Å². The zero-order chi connectivity index (χ0) is 16.9. The third-order valence-corrected chi connectivity index (χ3v) is 4.57. The van der Waals surface area contributed by atoms with E-state index in [0.29, 0.717) is 11.5 Å². The Hall–Kier alpha value is -2.12. The quantitative estimate of drug-likeness (QED) is 0.787. The van der Waals surface area contributed by atoms with Gasteiger partial charge in [-0.1, -0.05) is 6.07 Å². The van der Waals surface area contributed by atoms with Crippen LogP contribution >= 0.6 is 0 Å². The van der Waals surface area contributed by atoms with Gasteiger partial charge in [-0.05, 0) is 48.9 Å². The Balaban J connectivity index is 1.91. The Morgan fingerprint density at radius 2 is 1.78 bits per heavy atom. The van der Waals surface area contributed by atoms with Crippen LogP contribution in [0.2, 0.25) is 0 Å². The van der Waals surface area contributed by atoms with Gasteiger partial charge >= 0.3 is 0 Å². The van der Waals surface area contributed by atoms with Crippen LogP contribution in [0.1, 0.15) is 5.56 Å². The minimum absolute atomic E-state index is 0.00631. The van der Waals surface area contributed by atoms with E-state index >= 15 is 0 Å². The highest BCUT2D eigenvalue weighted by atomic mass is 32.2. The molecule has 124 valence electrons. The lowest BCUT2D eigenvalue weighted by Crippen LogP contribution is -2.28. The number of benzene rings is 2. The van der Waals surface area contributed by atoms with E-state index in [9.17, 15) is 12.8 Å². The molecule has 2 aromatic rings. The van der Waals surface area contributed by atoms with Crippen molar-refractivity contribution in [2.75, 3.05) is 20.3 Å². The number of hydrogen-bond acceptors (Lipinski definition) is 4. The minimum atomic E-state index is -3.68. The Kier molecular flexibility index (Phi) is 5.57. The maximum atomic E-state index is 12.8. The zero-order valence-electron chi connectivity index (χ0n) is 12.9. The number of halogens is 1. The van der Waals surface area contributed by atoms with Crippen molar-refractivity contribution in [1.82, 2.24) is 4.72 Å². The third kappa shape index (κ3) is 4.67. The van der Waals surface area contributed by atoms with Crippen molar-refractivity contribution in [2.24, 2.45) is 0 Å². The fourth-order valence-corrected chi connectivity index (χ4v) is 2.94. The molecule has 0 aliphatic carbocycles. The molecule has 0 aromatic heterocycles. The molecule has 2 aromatic carbocycles. The summed E-state index contributed by atoms with van der Waals surface area (Å²) in [6, 6.07) is 10.1. The highest BCUT2D eigenvalue weighted by Gasteiger charge is 2.13. The molecule has 7 heteroatoms. The number of sulfonamides is 1. The molecule has 0 radical (unpaired) electrons. The summed E-state index contributed by atoms with van der Waals surface area (Å²) in [5, 5.41) is 0. The number of nitrogens with one attached hydrogen (secondary N) is 1. The molecule has 0 amide bonds. The second-order valence-corrected chi connectivity index (χ2v) is 6.62. The van der Waals surface area contributed by atoms with Crippen LogP contribution in [0, 0.1) is 12.7 Å². The molecule has 5 nitrogen and oxygen atoms in total. The van der Waals surface area contributed by atoms with Crippen molar-refractivity contribution < 1.29 is 22.3 Å². The van der Waals surface area contributed by atoms with E-state index in [1.807, 2.05) is 19.1 Å². The first-order valence-corrected chi connectivity index (χ1v) is 8.43. The molecule has 0 aliphatic heterocycles. The van der Waals surface area contributed by atoms with Gasteiger partial charge in [-0.25, -0.2) is 17.5 Å². The zero-order valence-corrected chi connectivity index (χ0v) is 13.7. The van der Waals surface area contributed by atoms with Crippen LogP contribution in [0.5, 0.6) is 11.5 Å². The molecular formula is C16H18FNO4S.